The van der Waals surface area contributed by atoms with Crippen molar-refractivity contribution in [1.29, 1.82) is 0 Å². The van der Waals surface area contributed by atoms with Gasteiger partial charge in [-0.25, -0.2) is 0 Å². The molecule has 0 spiro atoms. The van der Waals surface area contributed by atoms with Gasteiger partial charge in [-0.15, -0.1) is 0 Å². The van der Waals surface area contributed by atoms with Gasteiger partial charge < -0.3 is 9.80 Å². The lowest BCUT2D eigenvalue weighted by Crippen LogP contribution is -2.49. The molecule has 3 rings (SSSR count). The number of rotatable bonds is 3. The second-order valence-corrected chi connectivity index (χ2v) is 6.94. The van der Waals surface area contributed by atoms with Crippen LogP contribution in [-0.2, 0) is 11.2 Å². The van der Waals surface area contributed by atoms with E-state index in [1.165, 1.54) is 5.56 Å². The van der Waals surface area contributed by atoms with Crippen molar-refractivity contribution in [1.82, 2.24) is 4.90 Å². The predicted molar refractivity (Wildman–Crippen MR) is 100 cm³/mol. The van der Waals surface area contributed by atoms with Crippen molar-refractivity contribution in [2.45, 2.75) is 13.3 Å². The molecule has 1 amide bonds. The molecule has 1 aliphatic rings. The summed E-state index contributed by atoms with van der Waals surface area (Å²) in [6, 6.07) is 13.8. The first-order valence-electron chi connectivity index (χ1n) is 8.06. The predicted octanol–water partition coefficient (Wildman–Crippen LogP) is 4.19. The lowest BCUT2D eigenvalue weighted by atomic mass is 10.1. The summed E-state index contributed by atoms with van der Waals surface area (Å²) in [6.45, 7) is 5.11. The molecule has 1 heterocycles. The number of hydrogen-bond donors (Lipinski definition) is 0. The van der Waals surface area contributed by atoms with Crippen LogP contribution in [0.1, 0.15) is 11.1 Å². The highest BCUT2D eigenvalue weighted by molar-refractivity contribution is 6.42. The van der Waals surface area contributed by atoms with E-state index in [9.17, 15) is 4.79 Å². The fourth-order valence-corrected chi connectivity index (χ4v) is 3.18. The number of benzene rings is 2. The Kier molecular flexibility index (Phi) is 5.32. The number of anilines is 1. The Morgan fingerprint density at radius 3 is 2.25 bits per heavy atom. The molecule has 0 bridgehead atoms. The topological polar surface area (TPSA) is 23.6 Å². The Bertz CT molecular complexity index is 723. The molecule has 24 heavy (non-hydrogen) atoms. The molecule has 2 aromatic carbocycles. The average molecular weight is 363 g/mol. The van der Waals surface area contributed by atoms with E-state index in [1.54, 1.807) is 0 Å². The van der Waals surface area contributed by atoms with Gasteiger partial charge in [-0.3, -0.25) is 4.79 Å². The summed E-state index contributed by atoms with van der Waals surface area (Å²) in [5, 5.41) is 1.12. The highest BCUT2D eigenvalue weighted by Crippen LogP contribution is 2.27. The molecule has 0 aliphatic carbocycles. The number of piperazine rings is 1. The van der Waals surface area contributed by atoms with Crippen LogP contribution in [-0.4, -0.2) is 37.0 Å². The number of amides is 1. The van der Waals surface area contributed by atoms with Crippen molar-refractivity contribution in [2.24, 2.45) is 0 Å². The van der Waals surface area contributed by atoms with Gasteiger partial charge in [0, 0.05) is 31.9 Å². The molecular formula is C19H20Cl2N2O. The van der Waals surface area contributed by atoms with Gasteiger partial charge in [0.15, 0.2) is 0 Å². The number of hydrogen-bond acceptors (Lipinski definition) is 2. The molecule has 5 heteroatoms. The Balaban J connectivity index is 1.57. The molecule has 0 atom stereocenters. The third-order valence-electron chi connectivity index (χ3n) is 4.38. The van der Waals surface area contributed by atoms with Gasteiger partial charge in [-0.05, 0) is 30.7 Å². The maximum absolute atomic E-state index is 12.5. The van der Waals surface area contributed by atoms with Crippen LogP contribution in [0.4, 0.5) is 5.69 Å². The van der Waals surface area contributed by atoms with Gasteiger partial charge in [-0.1, -0.05) is 53.0 Å². The third kappa shape index (κ3) is 4.03. The van der Waals surface area contributed by atoms with Crippen molar-refractivity contribution in [2.75, 3.05) is 31.1 Å². The van der Waals surface area contributed by atoms with Crippen LogP contribution in [0.15, 0.2) is 42.5 Å². The quantitative estimate of drug-likeness (QED) is 0.816. The molecule has 0 radical (unpaired) electrons. The molecule has 1 saturated heterocycles. The summed E-state index contributed by atoms with van der Waals surface area (Å²) in [5.41, 5.74) is 3.33. The van der Waals surface area contributed by atoms with Crippen molar-refractivity contribution in [3.8, 4) is 0 Å². The number of carbonyl (C=O) groups excluding carboxylic acids is 1. The standard InChI is InChI=1S/C19H20Cl2N2O/c1-14-2-4-15(5-3-14)12-19(24)23-10-8-22(9-11-23)16-6-7-17(20)18(21)13-16/h2-7,13H,8-12H2,1H3. The molecule has 0 unspecified atom stereocenters. The molecule has 126 valence electrons. The first-order valence-corrected chi connectivity index (χ1v) is 8.82. The fourth-order valence-electron chi connectivity index (χ4n) is 2.89. The number of halogens is 2. The minimum absolute atomic E-state index is 0.188. The van der Waals surface area contributed by atoms with Crippen molar-refractivity contribution >= 4 is 34.8 Å². The van der Waals surface area contributed by atoms with E-state index in [0.717, 1.165) is 37.4 Å². The Morgan fingerprint density at radius 2 is 1.62 bits per heavy atom. The summed E-state index contributed by atoms with van der Waals surface area (Å²) < 4.78 is 0. The first-order chi connectivity index (χ1) is 11.5. The number of carbonyl (C=O) groups is 1. The molecule has 2 aromatic rings. The number of aryl methyl sites for hydroxylation is 1. The molecule has 0 aromatic heterocycles. The van der Waals surface area contributed by atoms with Crippen LogP contribution < -0.4 is 4.90 Å². The summed E-state index contributed by atoms with van der Waals surface area (Å²) in [6.07, 6.45) is 0.465. The van der Waals surface area contributed by atoms with Gasteiger partial charge in [0.05, 0.1) is 16.5 Å². The average Bonchev–Trinajstić information content (AvgIpc) is 2.59. The van der Waals surface area contributed by atoms with Gasteiger partial charge in [0.25, 0.3) is 0 Å². The minimum Gasteiger partial charge on any atom is -0.368 e. The highest BCUT2D eigenvalue weighted by Gasteiger charge is 2.21. The van der Waals surface area contributed by atoms with E-state index in [4.69, 9.17) is 23.2 Å². The largest absolute Gasteiger partial charge is 0.368 e. The normalized spacial score (nSPS) is 14.8. The third-order valence-corrected chi connectivity index (χ3v) is 5.12. The zero-order valence-corrected chi connectivity index (χ0v) is 15.1. The van der Waals surface area contributed by atoms with Crippen LogP contribution in [0.5, 0.6) is 0 Å². The zero-order valence-electron chi connectivity index (χ0n) is 13.6. The molecule has 1 fully saturated rings. The van der Waals surface area contributed by atoms with Gasteiger partial charge in [0.1, 0.15) is 0 Å². The number of nitrogens with zero attached hydrogens (tertiary/aromatic N) is 2. The van der Waals surface area contributed by atoms with E-state index in [0.29, 0.717) is 16.5 Å². The van der Waals surface area contributed by atoms with Crippen LogP contribution in [0, 0.1) is 6.92 Å². The summed E-state index contributed by atoms with van der Waals surface area (Å²) in [5.74, 6) is 0.188. The van der Waals surface area contributed by atoms with Crippen molar-refractivity contribution < 1.29 is 4.79 Å². The lowest BCUT2D eigenvalue weighted by molar-refractivity contribution is -0.130. The molecule has 3 nitrogen and oxygen atoms in total. The lowest BCUT2D eigenvalue weighted by Gasteiger charge is -2.36. The van der Waals surface area contributed by atoms with Crippen LogP contribution >= 0.6 is 23.2 Å². The first kappa shape index (κ1) is 17.1. The van der Waals surface area contributed by atoms with E-state index in [1.807, 2.05) is 54.3 Å². The highest BCUT2D eigenvalue weighted by atomic mass is 35.5. The van der Waals surface area contributed by atoms with Crippen molar-refractivity contribution in [3.63, 3.8) is 0 Å². The second kappa shape index (κ2) is 7.45. The van der Waals surface area contributed by atoms with Crippen LogP contribution in [0.3, 0.4) is 0 Å². The van der Waals surface area contributed by atoms with E-state index >= 15 is 0 Å². The van der Waals surface area contributed by atoms with Crippen LogP contribution in [0.2, 0.25) is 10.0 Å². The maximum Gasteiger partial charge on any atom is 0.227 e. The molecular weight excluding hydrogens is 343 g/mol. The fraction of sp³-hybridized carbons (Fsp3) is 0.316. The van der Waals surface area contributed by atoms with Crippen molar-refractivity contribution in [3.05, 3.63) is 63.6 Å². The summed E-state index contributed by atoms with van der Waals surface area (Å²) in [4.78, 5) is 16.6. The monoisotopic (exact) mass is 362 g/mol. The maximum atomic E-state index is 12.5. The van der Waals surface area contributed by atoms with Gasteiger partial charge in [-0.2, -0.15) is 0 Å². The summed E-state index contributed by atoms with van der Waals surface area (Å²) >= 11 is 12.1. The smallest absolute Gasteiger partial charge is 0.227 e. The van der Waals surface area contributed by atoms with Gasteiger partial charge in [0.2, 0.25) is 5.91 Å². The van der Waals surface area contributed by atoms with Gasteiger partial charge >= 0.3 is 0 Å². The summed E-state index contributed by atoms with van der Waals surface area (Å²) in [7, 11) is 0. The molecule has 0 N–H and O–H groups in total. The second-order valence-electron chi connectivity index (χ2n) is 6.13. The zero-order chi connectivity index (χ0) is 17.1. The van der Waals surface area contributed by atoms with E-state index in [2.05, 4.69) is 4.90 Å². The molecule has 1 aliphatic heterocycles. The Morgan fingerprint density at radius 1 is 0.958 bits per heavy atom. The molecule has 0 saturated carbocycles. The minimum atomic E-state index is 0.188. The Hall–Kier alpha value is -1.71. The van der Waals surface area contributed by atoms with Crippen LogP contribution in [0.25, 0.3) is 0 Å². The Labute approximate surface area is 152 Å². The van der Waals surface area contributed by atoms with E-state index < -0.39 is 0 Å². The van der Waals surface area contributed by atoms with E-state index in [-0.39, 0.29) is 5.91 Å². The SMILES string of the molecule is Cc1ccc(CC(=O)N2CCN(c3ccc(Cl)c(Cl)c3)CC2)cc1.